The van der Waals surface area contributed by atoms with E-state index < -0.39 is 0 Å². The van der Waals surface area contributed by atoms with E-state index in [1.54, 1.807) is 16.6 Å². The molecule has 114 valence electrons. The van der Waals surface area contributed by atoms with Crippen molar-refractivity contribution in [2.24, 2.45) is 0 Å². The Hall–Kier alpha value is -2.70. The molecule has 1 N–H and O–H groups in total. The van der Waals surface area contributed by atoms with E-state index in [9.17, 15) is 4.39 Å². The Balaban J connectivity index is 1.94. The Kier molecular flexibility index (Phi) is 3.62. The first kappa shape index (κ1) is 14.2. The second kappa shape index (κ2) is 5.59. The zero-order valence-corrected chi connectivity index (χ0v) is 12.7. The summed E-state index contributed by atoms with van der Waals surface area (Å²) in [6, 6.07) is 8.39. The number of aryl methyl sites for hydroxylation is 1. The van der Waals surface area contributed by atoms with Gasteiger partial charge in [-0.05, 0) is 24.6 Å². The van der Waals surface area contributed by atoms with E-state index in [0.717, 1.165) is 22.9 Å². The Labute approximate surface area is 127 Å². The molecule has 0 unspecified atom stereocenters. The summed E-state index contributed by atoms with van der Waals surface area (Å²) in [5.41, 5.74) is 2.56. The van der Waals surface area contributed by atoms with Crippen LogP contribution in [-0.2, 0) is 6.54 Å². The summed E-state index contributed by atoms with van der Waals surface area (Å²) in [5.74, 6) is 1.27. The molecule has 0 amide bonds. The van der Waals surface area contributed by atoms with Crippen molar-refractivity contribution in [3.8, 4) is 0 Å². The monoisotopic (exact) mass is 300 g/mol. The molecule has 0 fully saturated rings. The number of hydrogen-bond donors (Lipinski definition) is 1. The fourth-order valence-electron chi connectivity index (χ4n) is 2.29. The SMILES string of the molecule is CNc1cc(N(C)Cc2ccc(F)cc2)nn2c(C)nnc12. The number of hydrogen-bond acceptors (Lipinski definition) is 5. The van der Waals surface area contributed by atoms with Crippen LogP contribution in [0.1, 0.15) is 11.4 Å². The number of halogens is 1. The Bertz CT molecular complexity index is 796. The minimum atomic E-state index is -0.233. The van der Waals surface area contributed by atoms with Gasteiger partial charge in [0.05, 0.1) is 5.69 Å². The fourth-order valence-corrected chi connectivity index (χ4v) is 2.29. The van der Waals surface area contributed by atoms with Crippen LogP contribution in [-0.4, -0.2) is 33.9 Å². The first-order valence-electron chi connectivity index (χ1n) is 6.95. The number of nitrogens with zero attached hydrogens (tertiary/aromatic N) is 5. The highest BCUT2D eigenvalue weighted by atomic mass is 19.1. The van der Waals surface area contributed by atoms with Gasteiger partial charge in [0, 0.05) is 26.7 Å². The molecule has 2 heterocycles. The standard InChI is InChI=1S/C15H17FN6/c1-10-18-19-15-13(17-2)8-14(20-22(10)15)21(3)9-11-4-6-12(16)7-5-11/h4-8,17H,9H2,1-3H3. The molecule has 0 radical (unpaired) electrons. The minimum absolute atomic E-state index is 0.233. The van der Waals surface area contributed by atoms with E-state index >= 15 is 0 Å². The predicted octanol–water partition coefficient (Wildman–Crippen LogP) is 2.25. The molecule has 1 aromatic carbocycles. The van der Waals surface area contributed by atoms with Crippen molar-refractivity contribution in [2.45, 2.75) is 13.5 Å². The third-order valence-electron chi connectivity index (χ3n) is 3.51. The molecule has 0 saturated heterocycles. The molecule has 0 aliphatic carbocycles. The number of fused-ring (bicyclic) bond motifs is 1. The highest BCUT2D eigenvalue weighted by Crippen LogP contribution is 2.21. The van der Waals surface area contributed by atoms with Crippen molar-refractivity contribution < 1.29 is 4.39 Å². The van der Waals surface area contributed by atoms with Crippen molar-refractivity contribution >= 4 is 17.2 Å². The number of aromatic nitrogens is 4. The van der Waals surface area contributed by atoms with Gasteiger partial charge in [0.1, 0.15) is 5.82 Å². The van der Waals surface area contributed by atoms with E-state index in [0.29, 0.717) is 12.2 Å². The highest BCUT2D eigenvalue weighted by Gasteiger charge is 2.12. The first-order valence-corrected chi connectivity index (χ1v) is 6.95. The topological polar surface area (TPSA) is 58.4 Å². The van der Waals surface area contributed by atoms with E-state index in [1.165, 1.54) is 12.1 Å². The molecule has 0 bridgehead atoms. The van der Waals surface area contributed by atoms with E-state index in [-0.39, 0.29) is 5.82 Å². The zero-order chi connectivity index (χ0) is 15.7. The first-order chi connectivity index (χ1) is 10.6. The van der Waals surface area contributed by atoms with Crippen molar-refractivity contribution in [1.82, 2.24) is 19.8 Å². The number of rotatable bonds is 4. The third-order valence-corrected chi connectivity index (χ3v) is 3.51. The molecule has 3 rings (SSSR count). The van der Waals surface area contributed by atoms with Crippen LogP contribution in [0.3, 0.4) is 0 Å². The molecule has 0 spiro atoms. The molecular formula is C15H17FN6. The maximum absolute atomic E-state index is 13.0. The van der Waals surface area contributed by atoms with Crippen molar-refractivity contribution in [1.29, 1.82) is 0 Å². The average Bonchev–Trinajstić information content (AvgIpc) is 2.90. The zero-order valence-electron chi connectivity index (χ0n) is 12.7. The largest absolute Gasteiger partial charge is 0.385 e. The van der Waals surface area contributed by atoms with Crippen molar-refractivity contribution in [2.75, 3.05) is 24.3 Å². The van der Waals surface area contributed by atoms with Crippen LogP contribution in [0.4, 0.5) is 15.9 Å². The van der Waals surface area contributed by atoms with Crippen LogP contribution >= 0.6 is 0 Å². The summed E-state index contributed by atoms with van der Waals surface area (Å²) in [5, 5.41) is 15.8. The maximum atomic E-state index is 13.0. The van der Waals surface area contributed by atoms with Crippen molar-refractivity contribution in [3.05, 3.63) is 47.5 Å². The molecule has 0 aliphatic rings. The lowest BCUT2D eigenvalue weighted by Gasteiger charge is -2.19. The molecule has 2 aromatic heterocycles. The van der Waals surface area contributed by atoms with Crippen LogP contribution in [0.25, 0.3) is 5.65 Å². The Morgan fingerprint density at radius 1 is 1.23 bits per heavy atom. The van der Waals surface area contributed by atoms with Gasteiger partial charge < -0.3 is 10.2 Å². The summed E-state index contributed by atoms with van der Waals surface area (Å²) in [6.07, 6.45) is 0. The highest BCUT2D eigenvalue weighted by molar-refractivity contribution is 5.70. The smallest absolute Gasteiger partial charge is 0.201 e. The van der Waals surface area contributed by atoms with Crippen LogP contribution in [0.15, 0.2) is 30.3 Å². The normalized spacial score (nSPS) is 10.9. The summed E-state index contributed by atoms with van der Waals surface area (Å²) >= 11 is 0. The Morgan fingerprint density at radius 2 is 1.95 bits per heavy atom. The summed E-state index contributed by atoms with van der Waals surface area (Å²) in [6.45, 7) is 2.49. The minimum Gasteiger partial charge on any atom is -0.385 e. The van der Waals surface area contributed by atoms with E-state index in [4.69, 9.17) is 0 Å². The number of nitrogens with one attached hydrogen (secondary N) is 1. The van der Waals surface area contributed by atoms with Gasteiger partial charge >= 0.3 is 0 Å². The molecule has 0 atom stereocenters. The Morgan fingerprint density at radius 3 is 2.64 bits per heavy atom. The average molecular weight is 300 g/mol. The summed E-state index contributed by atoms with van der Waals surface area (Å²) in [7, 11) is 3.78. The molecule has 22 heavy (non-hydrogen) atoms. The molecular weight excluding hydrogens is 283 g/mol. The number of benzene rings is 1. The molecule has 3 aromatic rings. The third kappa shape index (κ3) is 2.57. The molecule has 7 heteroatoms. The van der Waals surface area contributed by atoms with Crippen LogP contribution < -0.4 is 10.2 Å². The van der Waals surface area contributed by atoms with Crippen LogP contribution in [0.2, 0.25) is 0 Å². The van der Waals surface area contributed by atoms with Gasteiger partial charge in [0.15, 0.2) is 11.6 Å². The molecule has 0 aliphatic heterocycles. The predicted molar refractivity (Wildman–Crippen MR) is 83.6 cm³/mol. The second-order valence-electron chi connectivity index (χ2n) is 5.13. The van der Waals surface area contributed by atoms with Gasteiger partial charge in [-0.2, -0.15) is 4.52 Å². The molecule has 6 nitrogen and oxygen atoms in total. The maximum Gasteiger partial charge on any atom is 0.201 e. The summed E-state index contributed by atoms with van der Waals surface area (Å²) in [4.78, 5) is 1.99. The van der Waals surface area contributed by atoms with Gasteiger partial charge in [0.25, 0.3) is 0 Å². The lowest BCUT2D eigenvalue weighted by atomic mass is 10.2. The lowest BCUT2D eigenvalue weighted by Crippen LogP contribution is -2.19. The quantitative estimate of drug-likeness (QED) is 0.801. The van der Waals surface area contributed by atoms with Gasteiger partial charge in [0.2, 0.25) is 5.65 Å². The van der Waals surface area contributed by atoms with Gasteiger partial charge in [-0.15, -0.1) is 15.3 Å². The van der Waals surface area contributed by atoms with Crippen molar-refractivity contribution in [3.63, 3.8) is 0 Å². The van der Waals surface area contributed by atoms with Gasteiger partial charge in [-0.25, -0.2) is 4.39 Å². The van der Waals surface area contributed by atoms with Crippen LogP contribution in [0, 0.1) is 12.7 Å². The lowest BCUT2D eigenvalue weighted by molar-refractivity contribution is 0.627. The van der Waals surface area contributed by atoms with E-state index in [1.807, 2.05) is 32.0 Å². The van der Waals surface area contributed by atoms with E-state index in [2.05, 4.69) is 20.6 Å². The second-order valence-corrected chi connectivity index (χ2v) is 5.13. The summed E-state index contributed by atoms with van der Waals surface area (Å²) < 4.78 is 14.7. The van der Waals surface area contributed by atoms with Gasteiger partial charge in [-0.3, -0.25) is 0 Å². The van der Waals surface area contributed by atoms with Crippen LogP contribution in [0.5, 0.6) is 0 Å². The van der Waals surface area contributed by atoms with Gasteiger partial charge in [-0.1, -0.05) is 12.1 Å². The number of anilines is 2. The fraction of sp³-hybridized carbons (Fsp3) is 0.267. The molecule has 0 saturated carbocycles.